The van der Waals surface area contributed by atoms with Crippen LogP contribution >= 0.6 is 0 Å². The van der Waals surface area contributed by atoms with Gasteiger partial charge in [0.15, 0.2) is 5.82 Å². The third-order valence-corrected chi connectivity index (χ3v) is 4.41. The molecule has 1 aromatic heterocycles. The van der Waals surface area contributed by atoms with Gasteiger partial charge in [-0.2, -0.15) is 0 Å². The molecule has 2 fully saturated rings. The monoisotopic (exact) mass is 308 g/mol. The molecule has 5 nitrogen and oxygen atoms in total. The Kier molecular flexibility index (Phi) is 4.69. The number of carbonyl (C=O) groups excluding carboxylic acids is 1. The first kappa shape index (κ1) is 15.4. The number of amides is 1. The predicted octanol–water partition coefficient (Wildman–Crippen LogP) is 2.02. The number of nitrogens with zero attached hydrogens (tertiary/aromatic N) is 2. The van der Waals surface area contributed by atoms with E-state index in [2.05, 4.69) is 4.98 Å². The molecule has 0 aliphatic carbocycles. The molecule has 0 spiro atoms. The number of rotatable bonds is 4. The number of carbonyl (C=O) groups is 1. The average molecular weight is 308 g/mol. The number of pyridine rings is 1. The lowest BCUT2D eigenvalue weighted by molar-refractivity contribution is -0.0951. The molecular formula is C16H21FN2O3. The summed E-state index contributed by atoms with van der Waals surface area (Å²) in [6.45, 7) is 3.86. The van der Waals surface area contributed by atoms with Crippen LogP contribution in [0.2, 0.25) is 0 Å². The van der Waals surface area contributed by atoms with Crippen molar-refractivity contribution in [3.63, 3.8) is 0 Å². The SMILES string of the molecule is CCOC[C@@H]1CC[C@@H]2[C@@H](CCN2C(=O)c2ccncc2F)O1. The van der Waals surface area contributed by atoms with E-state index in [1.807, 2.05) is 6.92 Å². The van der Waals surface area contributed by atoms with Gasteiger partial charge in [0.05, 0.1) is 36.6 Å². The van der Waals surface area contributed by atoms with Crippen molar-refractivity contribution in [3.05, 3.63) is 29.8 Å². The molecule has 3 atom stereocenters. The first-order valence-electron chi connectivity index (χ1n) is 7.84. The zero-order valence-electron chi connectivity index (χ0n) is 12.7. The van der Waals surface area contributed by atoms with Gasteiger partial charge in [-0.15, -0.1) is 0 Å². The summed E-state index contributed by atoms with van der Waals surface area (Å²) < 4.78 is 25.2. The molecule has 0 saturated carbocycles. The van der Waals surface area contributed by atoms with Crippen molar-refractivity contribution < 1.29 is 18.7 Å². The van der Waals surface area contributed by atoms with Crippen LogP contribution in [0.25, 0.3) is 0 Å². The lowest BCUT2D eigenvalue weighted by Crippen LogP contribution is -2.46. The molecule has 2 aliphatic rings. The smallest absolute Gasteiger partial charge is 0.257 e. The lowest BCUT2D eigenvalue weighted by atomic mass is 9.99. The van der Waals surface area contributed by atoms with E-state index >= 15 is 0 Å². The summed E-state index contributed by atoms with van der Waals surface area (Å²) in [5.74, 6) is -0.832. The van der Waals surface area contributed by atoms with Crippen molar-refractivity contribution in [1.29, 1.82) is 0 Å². The second-order valence-electron chi connectivity index (χ2n) is 5.74. The maximum absolute atomic E-state index is 13.8. The summed E-state index contributed by atoms with van der Waals surface area (Å²) >= 11 is 0. The Morgan fingerprint density at radius 1 is 1.50 bits per heavy atom. The Morgan fingerprint density at radius 3 is 3.14 bits per heavy atom. The van der Waals surface area contributed by atoms with Gasteiger partial charge in [0, 0.05) is 19.3 Å². The Hall–Kier alpha value is -1.53. The summed E-state index contributed by atoms with van der Waals surface area (Å²) in [4.78, 5) is 18.0. The fraction of sp³-hybridized carbons (Fsp3) is 0.625. The summed E-state index contributed by atoms with van der Waals surface area (Å²) in [7, 11) is 0. The van der Waals surface area contributed by atoms with E-state index in [9.17, 15) is 9.18 Å². The van der Waals surface area contributed by atoms with E-state index in [0.29, 0.717) is 19.8 Å². The van der Waals surface area contributed by atoms with Gasteiger partial charge >= 0.3 is 0 Å². The number of hydrogen-bond acceptors (Lipinski definition) is 4. The second kappa shape index (κ2) is 6.71. The van der Waals surface area contributed by atoms with Gasteiger partial charge in [-0.3, -0.25) is 9.78 Å². The molecule has 0 N–H and O–H groups in total. The minimum atomic E-state index is -0.568. The molecule has 2 saturated heterocycles. The van der Waals surface area contributed by atoms with Gasteiger partial charge in [0.25, 0.3) is 5.91 Å². The van der Waals surface area contributed by atoms with E-state index in [0.717, 1.165) is 25.5 Å². The quantitative estimate of drug-likeness (QED) is 0.854. The minimum Gasteiger partial charge on any atom is -0.379 e. The highest BCUT2D eigenvalue weighted by molar-refractivity contribution is 5.94. The Labute approximate surface area is 129 Å². The topological polar surface area (TPSA) is 51.7 Å². The second-order valence-corrected chi connectivity index (χ2v) is 5.74. The number of likely N-dealkylation sites (tertiary alicyclic amines) is 1. The van der Waals surface area contributed by atoms with Crippen LogP contribution in [0.15, 0.2) is 18.5 Å². The third-order valence-electron chi connectivity index (χ3n) is 4.41. The van der Waals surface area contributed by atoms with Gasteiger partial charge in [-0.25, -0.2) is 4.39 Å². The van der Waals surface area contributed by atoms with E-state index < -0.39 is 5.82 Å². The summed E-state index contributed by atoms with van der Waals surface area (Å²) in [5, 5.41) is 0. The van der Waals surface area contributed by atoms with Crippen molar-refractivity contribution in [3.8, 4) is 0 Å². The van der Waals surface area contributed by atoms with Crippen molar-refractivity contribution in [2.45, 2.75) is 44.4 Å². The van der Waals surface area contributed by atoms with Gasteiger partial charge in [-0.05, 0) is 32.3 Å². The van der Waals surface area contributed by atoms with Crippen molar-refractivity contribution in [1.82, 2.24) is 9.88 Å². The molecule has 6 heteroatoms. The third kappa shape index (κ3) is 2.98. The first-order chi connectivity index (χ1) is 10.7. The molecule has 1 amide bonds. The molecule has 0 unspecified atom stereocenters. The van der Waals surface area contributed by atoms with E-state index in [4.69, 9.17) is 9.47 Å². The molecule has 0 radical (unpaired) electrons. The van der Waals surface area contributed by atoms with Crippen LogP contribution in [0, 0.1) is 5.82 Å². The molecule has 2 aliphatic heterocycles. The van der Waals surface area contributed by atoms with Gasteiger partial charge in [0.2, 0.25) is 0 Å². The molecule has 22 heavy (non-hydrogen) atoms. The highest BCUT2D eigenvalue weighted by Gasteiger charge is 2.42. The maximum atomic E-state index is 13.8. The average Bonchev–Trinajstić information content (AvgIpc) is 2.96. The number of fused-ring (bicyclic) bond motifs is 1. The van der Waals surface area contributed by atoms with Gasteiger partial charge in [-0.1, -0.05) is 0 Å². The van der Waals surface area contributed by atoms with Crippen LogP contribution in [0.3, 0.4) is 0 Å². The molecule has 1 aromatic rings. The van der Waals surface area contributed by atoms with Crippen LogP contribution in [-0.4, -0.2) is 53.8 Å². The maximum Gasteiger partial charge on any atom is 0.257 e. The fourth-order valence-corrected chi connectivity index (χ4v) is 3.33. The summed E-state index contributed by atoms with van der Waals surface area (Å²) in [6, 6.07) is 1.48. The lowest BCUT2D eigenvalue weighted by Gasteiger charge is -2.35. The zero-order chi connectivity index (χ0) is 15.5. The summed E-state index contributed by atoms with van der Waals surface area (Å²) in [5.41, 5.74) is 0.0899. The Morgan fingerprint density at radius 2 is 2.36 bits per heavy atom. The number of hydrogen-bond donors (Lipinski definition) is 0. The largest absolute Gasteiger partial charge is 0.379 e. The van der Waals surface area contributed by atoms with E-state index in [1.165, 1.54) is 12.3 Å². The zero-order valence-corrected chi connectivity index (χ0v) is 12.7. The highest BCUT2D eigenvalue weighted by atomic mass is 19.1. The van der Waals surface area contributed by atoms with E-state index in [-0.39, 0.29) is 29.7 Å². The highest BCUT2D eigenvalue weighted by Crippen LogP contribution is 2.32. The molecule has 3 heterocycles. The predicted molar refractivity (Wildman–Crippen MR) is 78.0 cm³/mol. The molecule has 0 aromatic carbocycles. The van der Waals surface area contributed by atoms with Gasteiger partial charge < -0.3 is 14.4 Å². The van der Waals surface area contributed by atoms with Crippen LogP contribution in [0.5, 0.6) is 0 Å². The van der Waals surface area contributed by atoms with Gasteiger partial charge in [0.1, 0.15) is 0 Å². The van der Waals surface area contributed by atoms with Crippen LogP contribution in [-0.2, 0) is 9.47 Å². The van der Waals surface area contributed by atoms with Crippen molar-refractivity contribution in [2.24, 2.45) is 0 Å². The first-order valence-corrected chi connectivity index (χ1v) is 7.84. The van der Waals surface area contributed by atoms with Crippen LogP contribution in [0.4, 0.5) is 4.39 Å². The Balaban J connectivity index is 1.66. The molecule has 0 bridgehead atoms. The van der Waals surface area contributed by atoms with Crippen molar-refractivity contribution >= 4 is 5.91 Å². The number of halogens is 1. The molecule has 3 rings (SSSR count). The standard InChI is InChI=1S/C16H21FN2O3/c1-2-21-10-11-3-4-14-15(22-11)6-8-19(14)16(20)12-5-7-18-9-13(12)17/h5,7,9,11,14-15H,2-4,6,8,10H2,1H3/t11-,14+,15+/m0/s1. The number of ether oxygens (including phenoxy) is 2. The summed E-state index contributed by atoms with van der Waals surface area (Å²) in [6.07, 6.45) is 5.20. The van der Waals surface area contributed by atoms with Crippen molar-refractivity contribution in [2.75, 3.05) is 19.8 Å². The fourth-order valence-electron chi connectivity index (χ4n) is 3.33. The van der Waals surface area contributed by atoms with E-state index in [1.54, 1.807) is 4.90 Å². The number of aromatic nitrogens is 1. The molecule has 120 valence electrons. The Bertz CT molecular complexity index is 540. The minimum absolute atomic E-state index is 0.0352. The molecular weight excluding hydrogens is 287 g/mol. The van der Waals surface area contributed by atoms with Crippen LogP contribution < -0.4 is 0 Å². The van der Waals surface area contributed by atoms with Crippen LogP contribution in [0.1, 0.15) is 36.5 Å². The normalized spacial score (nSPS) is 27.7.